The number of carbonyl (C=O) groups excluding carboxylic acids is 1. The number of aliphatic hydroxyl groups excluding tert-OH is 2. The Labute approximate surface area is 260 Å². The van der Waals surface area contributed by atoms with Gasteiger partial charge in [-0.1, -0.05) is 0 Å². The van der Waals surface area contributed by atoms with E-state index < -0.39 is 90.1 Å². The predicted molar refractivity (Wildman–Crippen MR) is 153 cm³/mol. The van der Waals surface area contributed by atoms with Crippen LogP contribution >= 0.6 is 16.3 Å². The second-order valence-electron chi connectivity index (χ2n) is 10.7. The molecule has 26 heteroatoms. The second-order valence-corrected chi connectivity index (χ2v) is 13.9. The molecule has 3 aliphatic heterocycles. The van der Waals surface area contributed by atoms with Gasteiger partial charge in [0.05, 0.1) is 0 Å². The number of aliphatic hydroxyl groups is 2. The number of primary amides is 1. The molecule has 0 aromatic carbocycles. The van der Waals surface area contributed by atoms with Crippen LogP contribution < -0.4 is 17.0 Å². The van der Waals surface area contributed by atoms with Crippen molar-refractivity contribution in [3.8, 4) is 0 Å². The number of fused-ring (bicyclic) bond motifs is 5. The SMILES string of the molecule is NC(=O)c1ncnc2c1ncn2[C@@H]1O[C@@H]2CO[PH](O)(O)O[C@@H]3[C@H](O)[C@@H](CO[PH](O)(O)O[C@H]2[C@H]1O)O[C@H]3n1cnc2c(=O)[nH]c(N)nc21. The van der Waals surface area contributed by atoms with Crippen LogP contribution in [0.3, 0.4) is 0 Å². The molecule has 0 aliphatic carbocycles. The van der Waals surface area contributed by atoms with Gasteiger partial charge in [-0.2, -0.15) is 0 Å². The summed E-state index contributed by atoms with van der Waals surface area (Å²) in [6.07, 6.45) is -9.15. The molecule has 3 saturated heterocycles. The monoisotopic (exact) mass is 706 g/mol. The first-order valence-corrected chi connectivity index (χ1v) is 17.0. The second kappa shape index (κ2) is 11.6. The minimum absolute atomic E-state index is 0.00992. The molecule has 7 heterocycles. The summed E-state index contributed by atoms with van der Waals surface area (Å²) < 4.78 is 35.5. The predicted octanol–water partition coefficient (Wildman–Crippen LogP) is -4.24. The van der Waals surface area contributed by atoms with Crippen LogP contribution in [0, 0.1) is 0 Å². The zero-order chi connectivity index (χ0) is 33.4. The van der Waals surface area contributed by atoms with Crippen LogP contribution in [0.2, 0.25) is 0 Å². The number of nitrogens with zero attached hydrogens (tertiary/aromatic N) is 7. The summed E-state index contributed by atoms with van der Waals surface area (Å²) in [4.78, 5) is 89.6. The van der Waals surface area contributed by atoms with Crippen molar-refractivity contribution in [1.29, 1.82) is 0 Å². The zero-order valence-corrected chi connectivity index (χ0v) is 25.5. The number of aromatic nitrogens is 8. The van der Waals surface area contributed by atoms with Crippen molar-refractivity contribution in [3.05, 3.63) is 35.0 Å². The van der Waals surface area contributed by atoms with Crippen LogP contribution in [0.1, 0.15) is 22.9 Å². The van der Waals surface area contributed by atoms with Crippen LogP contribution in [0.15, 0.2) is 23.8 Å². The van der Waals surface area contributed by atoms with Crippen molar-refractivity contribution in [1.82, 2.24) is 39.0 Å². The van der Waals surface area contributed by atoms with Crippen LogP contribution in [0.5, 0.6) is 0 Å². The molecule has 7 rings (SSSR count). The molecular formula is C21H28N10O14P2. The van der Waals surface area contributed by atoms with Crippen LogP contribution in [0.4, 0.5) is 5.95 Å². The van der Waals surface area contributed by atoms with E-state index in [4.69, 9.17) is 39.0 Å². The summed E-state index contributed by atoms with van der Waals surface area (Å²) in [7, 11) is -10.4. The average molecular weight is 706 g/mol. The third kappa shape index (κ3) is 5.72. The number of imidazole rings is 2. The number of carbonyl (C=O) groups is 1. The van der Waals surface area contributed by atoms with Gasteiger partial charge in [0.2, 0.25) is 0 Å². The topological polar surface area (TPSA) is 353 Å². The van der Waals surface area contributed by atoms with E-state index in [2.05, 4.69) is 29.9 Å². The summed E-state index contributed by atoms with van der Waals surface area (Å²) in [5.74, 6) is -1.17. The molecule has 0 spiro atoms. The minimum atomic E-state index is -5.24. The van der Waals surface area contributed by atoms with Crippen molar-refractivity contribution in [2.45, 2.75) is 49.1 Å². The first kappa shape index (κ1) is 32.1. The normalized spacial score (nSPS) is 33.8. The standard InChI is InChI=1S/C21H28N10O14P2/c22-15(34)8-9-16(25-3-24-8)30(4-26-9)19-12(33)13-7(43-19)2-41-47(38,39)45-14-11(32)6(1-40-46(36,37)44-13)42-20(14)31-5-27-10-17(31)28-21(23)29-18(10)35/h3-7,11-14,19-20,32-33,36-39,46-47H,1-2H2,(H2,22,34)(H3,23,28,29,35)/t6-,7-,11-,12-,13-,14-,19-,20-/m1/s1. The fraction of sp³-hybridized carbons (Fsp3) is 0.476. The summed E-state index contributed by atoms with van der Waals surface area (Å²) in [5.41, 5.74) is 9.85. The van der Waals surface area contributed by atoms with Crippen molar-refractivity contribution in [2.75, 3.05) is 18.9 Å². The summed E-state index contributed by atoms with van der Waals surface area (Å²) >= 11 is 0. The molecule has 1 amide bonds. The van der Waals surface area contributed by atoms with Gasteiger partial charge in [0.25, 0.3) is 0 Å². The van der Waals surface area contributed by atoms with Crippen molar-refractivity contribution >= 4 is 50.5 Å². The quantitative estimate of drug-likeness (QED) is 0.0911. The van der Waals surface area contributed by atoms with Gasteiger partial charge < -0.3 is 0 Å². The first-order valence-electron chi connectivity index (χ1n) is 13.6. The number of anilines is 1. The van der Waals surface area contributed by atoms with Crippen LogP contribution in [0.25, 0.3) is 22.3 Å². The summed E-state index contributed by atoms with van der Waals surface area (Å²) in [5, 5.41) is 22.3. The Morgan fingerprint density at radius 3 is 2.17 bits per heavy atom. The third-order valence-corrected chi connectivity index (χ3v) is 9.91. The number of ether oxygens (including phenoxy) is 2. The maximum atomic E-state index is 12.3. The van der Waals surface area contributed by atoms with Crippen LogP contribution in [-0.2, 0) is 27.6 Å². The van der Waals surface area contributed by atoms with E-state index in [1.807, 2.05) is 0 Å². The van der Waals surface area contributed by atoms with Gasteiger partial charge in [-0.15, -0.1) is 0 Å². The summed E-state index contributed by atoms with van der Waals surface area (Å²) in [6, 6.07) is 0. The maximum absolute atomic E-state index is 12.3. The zero-order valence-electron chi connectivity index (χ0n) is 23.5. The Balaban J connectivity index is 1.20. The van der Waals surface area contributed by atoms with Gasteiger partial charge >= 0.3 is 261 Å². The number of nitrogens with two attached hydrogens (primary N) is 2. The molecule has 3 aliphatic rings. The summed E-state index contributed by atoms with van der Waals surface area (Å²) in [6.45, 7) is -1.53. The molecule has 2 bridgehead atoms. The fourth-order valence-corrected chi connectivity index (χ4v) is 7.74. The molecule has 0 radical (unpaired) electrons. The molecule has 47 heavy (non-hydrogen) atoms. The molecule has 24 nitrogen and oxygen atoms in total. The number of rotatable bonds is 3. The first-order chi connectivity index (χ1) is 22.2. The number of aromatic amines is 1. The van der Waals surface area contributed by atoms with E-state index in [0.717, 1.165) is 23.5 Å². The van der Waals surface area contributed by atoms with E-state index in [9.17, 15) is 39.4 Å². The molecule has 256 valence electrons. The Hall–Kier alpha value is -3.45. The fourth-order valence-electron chi connectivity index (χ4n) is 5.59. The number of hydrogen-bond acceptors (Lipinski definition) is 20. The molecular weight excluding hydrogens is 678 g/mol. The Kier molecular flexibility index (Phi) is 7.93. The Morgan fingerprint density at radius 2 is 1.47 bits per heavy atom. The number of amides is 1. The van der Waals surface area contributed by atoms with E-state index in [1.54, 1.807) is 0 Å². The molecule has 0 saturated carbocycles. The van der Waals surface area contributed by atoms with E-state index in [0.29, 0.717) is 0 Å². The number of nitrogen functional groups attached to an aromatic ring is 1. The molecule has 0 unspecified atom stereocenters. The van der Waals surface area contributed by atoms with Gasteiger partial charge in [0.1, 0.15) is 0 Å². The molecule has 3 fully saturated rings. The average Bonchev–Trinajstić information content (AvgIpc) is 3.76. The van der Waals surface area contributed by atoms with E-state index in [-0.39, 0.29) is 34.0 Å². The van der Waals surface area contributed by atoms with Gasteiger partial charge in [0.15, 0.2) is 0 Å². The van der Waals surface area contributed by atoms with Gasteiger partial charge in [-0.25, -0.2) is 0 Å². The van der Waals surface area contributed by atoms with Crippen molar-refractivity contribution < 1.29 is 62.1 Å². The number of H-pyrrole nitrogens is 1. The van der Waals surface area contributed by atoms with Crippen molar-refractivity contribution in [2.24, 2.45) is 5.73 Å². The van der Waals surface area contributed by atoms with Crippen molar-refractivity contribution in [3.63, 3.8) is 0 Å². The molecule has 11 N–H and O–H groups in total. The van der Waals surface area contributed by atoms with E-state index in [1.165, 1.54) is 4.57 Å². The number of hydrogen-bond donors (Lipinski definition) is 9. The molecule has 8 atom stereocenters. The number of nitrogens with one attached hydrogen (secondary N) is 1. The van der Waals surface area contributed by atoms with Gasteiger partial charge in [-0.05, 0) is 0 Å². The molecule has 4 aromatic heterocycles. The van der Waals surface area contributed by atoms with Crippen LogP contribution in [-0.4, -0.2) is 125 Å². The van der Waals surface area contributed by atoms with Gasteiger partial charge in [-0.3, -0.25) is 0 Å². The Morgan fingerprint density at radius 1 is 0.851 bits per heavy atom. The molecule has 4 aromatic rings. The Bertz CT molecular complexity index is 1900. The third-order valence-electron chi connectivity index (χ3n) is 7.66. The van der Waals surface area contributed by atoms with E-state index >= 15 is 0 Å². The van der Waals surface area contributed by atoms with Gasteiger partial charge in [0, 0.05) is 0 Å².